The molecule has 2 heterocycles. The molecule has 8 nitrogen and oxygen atoms in total. The molecule has 0 bridgehead atoms. The molecule has 1 fully saturated rings. The van der Waals surface area contributed by atoms with Crippen LogP contribution in [0.4, 0.5) is 11.5 Å². The summed E-state index contributed by atoms with van der Waals surface area (Å²) in [5.41, 5.74) is 0.424. The number of unbranched alkanes of at least 4 members (excludes halogenated alkanes) is 1. The second-order valence-electron chi connectivity index (χ2n) is 7.79. The van der Waals surface area contributed by atoms with Gasteiger partial charge in [0.2, 0.25) is 11.8 Å². The molecule has 1 aliphatic rings. The maximum absolute atomic E-state index is 12.9. The second kappa shape index (κ2) is 10.2. The Hall–Kier alpha value is -2.87. The number of hydrogen-bond acceptors (Lipinski definition) is 6. The van der Waals surface area contributed by atoms with E-state index in [-0.39, 0.29) is 29.5 Å². The molecule has 2 aromatic rings. The van der Waals surface area contributed by atoms with Crippen LogP contribution in [0.2, 0.25) is 0 Å². The van der Waals surface area contributed by atoms with Crippen LogP contribution in [0.3, 0.4) is 0 Å². The lowest BCUT2D eigenvalue weighted by molar-refractivity contribution is -0.124. The van der Waals surface area contributed by atoms with E-state index in [4.69, 9.17) is 4.52 Å². The Morgan fingerprint density at radius 2 is 2.00 bits per heavy atom. The minimum absolute atomic E-state index is 0.0580. The van der Waals surface area contributed by atoms with Crippen LogP contribution < -0.4 is 10.6 Å². The molecule has 1 saturated heterocycles. The van der Waals surface area contributed by atoms with Crippen molar-refractivity contribution in [2.75, 3.05) is 23.7 Å². The average molecular weight is 415 g/mol. The van der Waals surface area contributed by atoms with Crippen molar-refractivity contribution in [3.63, 3.8) is 0 Å². The van der Waals surface area contributed by atoms with Gasteiger partial charge in [-0.15, -0.1) is 0 Å². The van der Waals surface area contributed by atoms with E-state index >= 15 is 0 Å². The van der Waals surface area contributed by atoms with E-state index < -0.39 is 0 Å². The quantitative estimate of drug-likeness (QED) is 0.570. The lowest BCUT2D eigenvalue weighted by Crippen LogP contribution is -2.49. The van der Waals surface area contributed by atoms with Gasteiger partial charge in [-0.3, -0.25) is 14.5 Å². The Morgan fingerprint density at radius 3 is 2.63 bits per heavy atom. The minimum Gasteiger partial charge on any atom is -0.506 e. The molecule has 2 amide bonds. The van der Waals surface area contributed by atoms with E-state index in [1.165, 1.54) is 0 Å². The third-order valence-electron chi connectivity index (χ3n) is 5.52. The highest BCUT2D eigenvalue weighted by molar-refractivity contribution is 5.95. The van der Waals surface area contributed by atoms with Crippen LogP contribution in [0, 0.1) is 12.8 Å². The number of piperidine rings is 1. The summed E-state index contributed by atoms with van der Waals surface area (Å²) in [6.07, 6.45) is 4.04. The molecule has 1 atom stereocenters. The van der Waals surface area contributed by atoms with Crippen LogP contribution in [-0.2, 0) is 9.59 Å². The van der Waals surface area contributed by atoms with Gasteiger partial charge in [-0.1, -0.05) is 37.1 Å². The van der Waals surface area contributed by atoms with E-state index in [0.717, 1.165) is 19.3 Å². The summed E-state index contributed by atoms with van der Waals surface area (Å²) < 4.78 is 5.03. The number of phenols is 1. The lowest BCUT2D eigenvalue weighted by atomic mass is 9.93. The molecular formula is C22H30N4O4. The van der Waals surface area contributed by atoms with Gasteiger partial charge in [0.25, 0.3) is 0 Å². The van der Waals surface area contributed by atoms with Crippen LogP contribution in [0.15, 0.2) is 34.9 Å². The highest BCUT2D eigenvalue weighted by Crippen LogP contribution is 2.26. The first-order chi connectivity index (χ1) is 14.5. The number of carbonyl (C=O) groups excluding carboxylic acids is 2. The summed E-state index contributed by atoms with van der Waals surface area (Å²) in [5, 5.41) is 19.4. The number of nitrogens with one attached hydrogen (secondary N) is 2. The maximum atomic E-state index is 12.9. The Kier molecular flexibility index (Phi) is 7.46. The first-order valence-corrected chi connectivity index (χ1v) is 10.5. The van der Waals surface area contributed by atoms with Gasteiger partial charge < -0.3 is 20.3 Å². The number of rotatable bonds is 8. The van der Waals surface area contributed by atoms with Crippen molar-refractivity contribution in [3.05, 3.63) is 36.1 Å². The summed E-state index contributed by atoms with van der Waals surface area (Å²) >= 11 is 0. The van der Waals surface area contributed by atoms with Crippen LogP contribution in [0.25, 0.3) is 0 Å². The highest BCUT2D eigenvalue weighted by Gasteiger charge is 2.32. The Morgan fingerprint density at radius 1 is 1.27 bits per heavy atom. The molecule has 1 aliphatic heterocycles. The number of phenolic OH excluding ortho intramolecular Hbond substituents is 1. The van der Waals surface area contributed by atoms with Crippen molar-refractivity contribution in [2.24, 2.45) is 5.92 Å². The van der Waals surface area contributed by atoms with Gasteiger partial charge in [0.05, 0.1) is 11.7 Å². The molecule has 3 rings (SSSR count). The fraction of sp³-hybridized carbons (Fsp3) is 0.500. The number of aromatic nitrogens is 1. The van der Waals surface area contributed by atoms with Gasteiger partial charge in [-0.2, -0.15) is 0 Å². The number of para-hydroxylation sites is 2. The number of anilines is 2. The van der Waals surface area contributed by atoms with E-state index in [2.05, 4.69) is 27.6 Å². The fourth-order valence-corrected chi connectivity index (χ4v) is 3.80. The van der Waals surface area contributed by atoms with Gasteiger partial charge in [0, 0.05) is 12.0 Å². The minimum atomic E-state index is -0.260. The maximum Gasteiger partial charge on any atom is 0.242 e. The van der Waals surface area contributed by atoms with Crippen molar-refractivity contribution < 1.29 is 19.2 Å². The first-order valence-electron chi connectivity index (χ1n) is 10.5. The molecule has 0 saturated carbocycles. The molecule has 0 spiro atoms. The zero-order valence-corrected chi connectivity index (χ0v) is 17.6. The van der Waals surface area contributed by atoms with E-state index in [0.29, 0.717) is 43.2 Å². The summed E-state index contributed by atoms with van der Waals surface area (Å²) in [6, 6.07) is 8.15. The monoisotopic (exact) mass is 414 g/mol. The second-order valence-corrected chi connectivity index (χ2v) is 7.79. The van der Waals surface area contributed by atoms with E-state index in [1.54, 1.807) is 37.3 Å². The SMILES string of the molecule is CCCCC(C(=O)Nc1cc(C)on1)N1CCC(C(=O)Nc2ccccc2O)CC1. The first kappa shape index (κ1) is 21.8. The summed E-state index contributed by atoms with van der Waals surface area (Å²) in [7, 11) is 0. The van der Waals surface area contributed by atoms with Crippen LogP contribution in [0.1, 0.15) is 44.8 Å². The molecule has 1 aromatic heterocycles. The van der Waals surface area contributed by atoms with E-state index in [9.17, 15) is 14.7 Å². The van der Waals surface area contributed by atoms with Gasteiger partial charge >= 0.3 is 0 Å². The normalized spacial score (nSPS) is 16.2. The molecule has 1 aromatic carbocycles. The van der Waals surface area contributed by atoms with Crippen molar-refractivity contribution in [1.82, 2.24) is 10.1 Å². The third-order valence-corrected chi connectivity index (χ3v) is 5.52. The van der Waals surface area contributed by atoms with Gasteiger partial charge in [-0.05, 0) is 51.4 Å². The predicted octanol–water partition coefficient (Wildman–Crippen LogP) is 3.54. The molecule has 30 heavy (non-hydrogen) atoms. The summed E-state index contributed by atoms with van der Waals surface area (Å²) in [4.78, 5) is 27.6. The topological polar surface area (TPSA) is 108 Å². The zero-order chi connectivity index (χ0) is 21.5. The summed E-state index contributed by atoms with van der Waals surface area (Å²) in [5.74, 6) is 0.803. The number of aryl methyl sites for hydroxylation is 1. The molecule has 0 radical (unpaired) electrons. The molecular weight excluding hydrogens is 384 g/mol. The number of amides is 2. The number of nitrogens with zero attached hydrogens (tertiary/aromatic N) is 2. The van der Waals surface area contributed by atoms with Crippen molar-refractivity contribution >= 4 is 23.3 Å². The fourth-order valence-electron chi connectivity index (χ4n) is 3.80. The number of aromatic hydroxyl groups is 1. The van der Waals surface area contributed by atoms with Gasteiger partial charge in [0.1, 0.15) is 11.5 Å². The molecule has 3 N–H and O–H groups in total. The van der Waals surface area contributed by atoms with Gasteiger partial charge in [-0.25, -0.2) is 0 Å². The number of likely N-dealkylation sites (tertiary alicyclic amines) is 1. The predicted molar refractivity (Wildman–Crippen MR) is 114 cm³/mol. The highest BCUT2D eigenvalue weighted by atomic mass is 16.5. The lowest BCUT2D eigenvalue weighted by Gasteiger charge is -2.36. The average Bonchev–Trinajstić information content (AvgIpc) is 3.15. The number of hydrogen-bond donors (Lipinski definition) is 3. The molecule has 1 unspecified atom stereocenters. The largest absolute Gasteiger partial charge is 0.506 e. The van der Waals surface area contributed by atoms with Crippen LogP contribution >= 0.6 is 0 Å². The molecule has 162 valence electrons. The van der Waals surface area contributed by atoms with Crippen molar-refractivity contribution in [2.45, 2.75) is 52.0 Å². The third kappa shape index (κ3) is 5.60. The number of benzene rings is 1. The van der Waals surface area contributed by atoms with Crippen LogP contribution in [-0.4, -0.2) is 46.1 Å². The smallest absolute Gasteiger partial charge is 0.242 e. The molecule has 8 heteroatoms. The van der Waals surface area contributed by atoms with Gasteiger partial charge in [0.15, 0.2) is 5.82 Å². The standard InChI is InChI=1S/C22H30N4O4/c1-3-4-8-18(22(29)24-20-14-15(2)30-25-20)26-12-10-16(11-13-26)21(28)23-17-7-5-6-9-19(17)27/h5-7,9,14,16,18,27H,3-4,8,10-13H2,1-2H3,(H,23,28)(H,24,25,29). The Labute approximate surface area is 176 Å². The van der Waals surface area contributed by atoms with Crippen molar-refractivity contribution in [1.29, 1.82) is 0 Å². The Balaban J connectivity index is 1.57. The summed E-state index contributed by atoms with van der Waals surface area (Å²) in [6.45, 7) is 5.21. The Bertz CT molecular complexity index is 858. The van der Waals surface area contributed by atoms with Crippen molar-refractivity contribution in [3.8, 4) is 5.75 Å². The zero-order valence-electron chi connectivity index (χ0n) is 17.6. The van der Waals surface area contributed by atoms with E-state index in [1.807, 2.05) is 0 Å². The number of carbonyl (C=O) groups is 2. The molecule has 0 aliphatic carbocycles. The van der Waals surface area contributed by atoms with Crippen LogP contribution in [0.5, 0.6) is 5.75 Å².